The van der Waals surface area contributed by atoms with E-state index in [1.165, 1.54) is 0 Å². The van der Waals surface area contributed by atoms with Gasteiger partial charge in [-0.15, -0.1) is 0 Å². The molecule has 0 fully saturated rings. The van der Waals surface area contributed by atoms with Crippen LogP contribution in [-0.2, 0) is 9.47 Å². The number of aryl methyl sites for hydroxylation is 1. The molecule has 1 aromatic heterocycles. The Morgan fingerprint density at radius 1 is 0.939 bits per heavy atom. The summed E-state index contributed by atoms with van der Waals surface area (Å²) in [5, 5.41) is 7.45. The van der Waals surface area contributed by atoms with Gasteiger partial charge in [-0.1, -0.05) is 41.7 Å². The molecule has 0 unspecified atom stereocenters. The zero-order valence-corrected chi connectivity index (χ0v) is 19.5. The number of nitrogens with zero attached hydrogens (tertiary/aromatic N) is 3. The molecule has 1 heterocycles. The molecule has 170 valence electrons. The number of hydrogen-bond donors (Lipinski definition) is 0. The zero-order chi connectivity index (χ0) is 23.0. The summed E-state index contributed by atoms with van der Waals surface area (Å²) < 4.78 is 22.5. The van der Waals surface area contributed by atoms with Gasteiger partial charge in [-0.3, -0.25) is 0 Å². The van der Waals surface area contributed by atoms with Gasteiger partial charge >= 0.3 is 0 Å². The molecule has 0 amide bonds. The standard InChI is InChI=1S/C25H25N3O4S/c1-18-8-4-6-10-22(18)28(25-27-21-9-5-7-11-24(21)33-25)26-15-19-14-20(31-16-29-2)12-13-23(19)32-17-30-3/h4-15H,16-17H2,1-3H3/b26-15+. The van der Waals surface area contributed by atoms with Crippen molar-refractivity contribution in [3.05, 3.63) is 77.9 Å². The molecule has 3 aromatic carbocycles. The monoisotopic (exact) mass is 463 g/mol. The number of para-hydroxylation sites is 2. The van der Waals surface area contributed by atoms with Gasteiger partial charge < -0.3 is 18.9 Å². The number of benzene rings is 3. The molecule has 0 saturated heterocycles. The average Bonchev–Trinajstić information content (AvgIpc) is 3.27. The predicted octanol–water partition coefficient (Wildman–Crippen LogP) is 5.74. The molecule has 7 nitrogen and oxygen atoms in total. The lowest BCUT2D eigenvalue weighted by molar-refractivity contribution is 0.0483. The Morgan fingerprint density at radius 2 is 1.70 bits per heavy atom. The lowest BCUT2D eigenvalue weighted by atomic mass is 10.2. The smallest absolute Gasteiger partial charge is 0.211 e. The lowest BCUT2D eigenvalue weighted by Gasteiger charge is -2.18. The third kappa shape index (κ3) is 5.48. The largest absolute Gasteiger partial charge is 0.468 e. The fourth-order valence-corrected chi connectivity index (χ4v) is 4.12. The van der Waals surface area contributed by atoms with Crippen molar-refractivity contribution in [2.24, 2.45) is 5.10 Å². The number of anilines is 2. The van der Waals surface area contributed by atoms with E-state index in [1.54, 1.807) is 31.8 Å². The van der Waals surface area contributed by atoms with Crippen molar-refractivity contribution in [3.8, 4) is 11.5 Å². The Bertz CT molecular complexity index is 1210. The van der Waals surface area contributed by atoms with Crippen LogP contribution in [0.5, 0.6) is 11.5 Å². The van der Waals surface area contributed by atoms with E-state index in [4.69, 9.17) is 29.0 Å². The van der Waals surface area contributed by atoms with Crippen molar-refractivity contribution in [3.63, 3.8) is 0 Å². The number of hydrazone groups is 1. The highest BCUT2D eigenvalue weighted by atomic mass is 32.1. The molecule has 8 heteroatoms. The van der Waals surface area contributed by atoms with E-state index in [0.29, 0.717) is 11.5 Å². The van der Waals surface area contributed by atoms with Gasteiger partial charge in [-0.2, -0.15) is 5.10 Å². The minimum absolute atomic E-state index is 0.124. The lowest BCUT2D eigenvalue weighted by Crippen LogP contribution is -2.11. The summed E-state index contributed by atoms with van der Waals surface area (Å²) >= 11 is 1.58. The minimum atomic E-state index is 0.124. The summed E-state index contributed by atoms with van der Waals surface area (Å²) in [7, 11) is 3.16. The second-order valence-corrected chi connectivity index (χ2v) is 8.12. The van der Waals surface area contributed by atoms with Gasteiger partial charge in [0.1, 0.15) is 11.5 Å². The normalized spacial score (nSPS) is 11.2. The summed E-state index contributed by atoms with van der Waals surface area (Å²) in [5.41, 5.74) is 3.70. The van der Waals surface area contributed by atoms with Crippen LogP contribution >= 0.6 is 11.3 Å². The summed E-state index contributed by atoms with van der Waals surface area (Å²) in [6.45, 7) is 2.33. The maximum Gasteiger partial charge on any atom is 0.211 e. The van der Waals surface area contributed by atoms with Gasteiger partial charge in [0.2, 0.25) is 5.13 Å². The molecule has 0 aliphatic carbocycles. The van der Waals surface area contributed by atoms with Gasteiger partial charge in [0, 0.05) is 19.8 Å². The Hall–Kier alpha value is -3.46. The van der Waals surface area contributed by atoms with Crippen molar-refractivity contribution in [2.75, 3.05) is 32.8 Å². The molecule has 0 saturated carbocycles. The van der Waals surface area contributed by atoms with E-state index in [0.717, 1.165) is 32.2 Å². The van der Waals surface area contributed by atoms with Gasteiger partial charge in [0.15, 0.2) is 13.6 Å². The number of ether oxygens (including phenoxy) is 4. The zero-order valence-electron chi connectivity index (χ0n) is 18.7. The molecule has 0 N–H and O–H groups in total. The molecule has 0 aliphatic heterocycles. The highest BCUT2D eigenvalue weighted by molar-refractivity contribution is 7.22. The molecule has 4 aromatic rings. The summed E-state index contributed by atoms with van der Waals surface area (Å²) in [4.78, 5) is 4.81. The Labute approximate surface area is 196 Å². The first kappa shape index (κ1) is 22.7. The van der Waals surface area contributed by atoms with Crippen LogP contribution in [0.25, 0.3) is 10.2 Å². The van der Waals surface area contributed by atoms with Gasteiger partial charge in [-0.25, -0.2) is 9.99 Å². The molecule has 4 rings (SSSR count). The first-order valence-corrected chi connectivity index (χ1v) is 11.1. The van der Waals surface area contributed by atoms with Gasteiger partial charge in [0.25, 0.3) is 0 Å². The van der Waals surface area contributed by atoms with Crippen LogP contribution in [0.1, 0.15) is 11.1 Å². The molecular weight excluding hydrogens is 438 g/mol. The van der Waals surface area contributed by atoms with Crippen LogP contribution in [0, 0.1) is 6.92 Å². The predicted molar refractivity (Wildman–Crippen MR) is 132 cm³/mol. The van der Waals surface area contributed by atoms with Crippen LogP contribution < -0.4 is 14.5 Å². The van der Waals surface area contributed by atoms with Crippen LogP contribution in [0.2, 0.25) is 0 Å². The quantitative estimate of drug-likeness (QED) is 0.170. The van der Waals surface area contributed by atoms with Crippen molar-refractivity contribution in [1.29, 1.82) is 0 Å². The molecule has 0 atom stereocenters. The molecule has 0 aliphatic rings. The van der Waals surface area contributed by atoms with E-state index < -0.39 is 0 Å². The van der Waals surface area contributed by atoms with Crippen LogP contribution in [0.3, 0.4) is 0 Å². The van der Waals surface area contributed by atoms with E-state index >= 15 is 0 Å². The first-order valence-electron chi connectivity index (χ1n) is 10.3. The maximum absolute atomic E-state index is 5.73. The second kappa shape index (κ2) is 10.9. The van der Waals surface area contributed by atoms with Crippen molar-refractivity contribution in [2.45, 2.75) is 6.92 Å². The van der Waals surface area contributed by atoms with Crippen LogP contribution in [-0.4, -0.2) is 39.0 Å². The van der Waals surface area contributed by atoms with Crippen LogP contribution in [0.15, 0.2) is 71.8 Å². The van der Waals surface area contributed by atoms with E-state index in [9.17, 15) is 0 Å². The highest BCUT2D eigenvalue weighted by Crippen LogP contribution is 2.35. The summed E-state index contributed by atoms with van der Waals surface area (Å²) in [6, 6.07) is 21.6. The number of aromatic nitrogens is 1. The van der Waals surface area contributed by atoms with Crippen molar-refractivity contribution in [1.82, 2.24) is 4.98 Å². The first-order chi connectivity index (χ1) is 16.2. The topological polar surface area (TPSA) is 65.4 Å². The number of thiazole rings is 1. The number of fused-ring (bicyclic) bond motifs is 1. The Kier molecular flexibility index (Phi) is 7.51. The SMILES string of the molecule is COCOc1ccc(OCOC)c(/C=N/N(c2nc3ccccc3s2)c2ccccc2C)c1. The molecule has 0 spiro atoms. The van der Waals surface area contributed by atoms with Crippen molar-refractivity contribution < 1.29 is 18.9 Å². The molecular formula is C25H25N3O4S. The fraction of sp³-hybridized carbons (Fsp3) is 0.200. The minimum Gasteiger partial charge on any atom is -0.468 e. The summed E-state index contributed by atoms with van der Waals surface area (Å²) in [6.07, 6.45) is 1.74. The molecule has 0 radical (unpaired) electrons. The van der Waals surface area contributed by atoms with E-state index in [2.05, 4.69) is 19.1 Å². The van der Waals surface area contributed by atoms with Gasteiger partial charge in [0.05, 0.1) is 22.1 Å². The highest BCUT2D eigenvalue weighted by Gasteiger charge is 2.16. The van der Waals surface area contributed by atoms with Crippen LogP contribution in [0.4, 0.5) is 10.8 Å². The second-order valence-electron chi connectivity index (χ2n) is 7.11. The summed E-state index contributed by atoms with van der Waals surface area (Å²) in [5.74, 6) is 1.27. The third-order valence-electron chi connectivity index (χ3n) is 4.78. The number of hydrogen-bond acceptors (Lipinski definition) is 8. The number of methoxy groups -OCH3 is 2. The van der Waals surface area contributed by atoms with E-state index in [1.807, 2.05) is 59.6 Å². The third-order valence-corrected chi connectivity index (χ3v) is 5.79. The maximum atomic E-state index is 5.73. The fourth-order valence-electron chi connectivity index (χ4n) is 3.18. The molecule has 33 heavy (non-hydrogen) atoms. The molecule has 0 bridgehead atoms. The number of rotatable bonds is 10. The Balaban J connectivity index is 1.75. The average molecular weight is 464 g/mol. The van der Waals surface area contributed by atoms with Gasteiger partial charge in [-0.05, 0) is 48.9 Å². The van der Waals surface area contributed by atoms with Crippen molar-refractivity contribution >= 4 is 38.6 Å². The Morgan fingerprint density at radius 3 is 2.48 bits per heavy atom. The van der Waals surface area contributed by atoms with E-state index in [-0.39, 0.29) is 13.6 Å².